The Balaban J connectivity index is 1.44. The van der Waals surface area contributed by atoms with Gasteiger partial charge in [-0.25, -0.2) is 4.79 Å². The maximum absolute atomic E-state index is 11.5. The van der Waals surface area contributed by atoms with E-state index in [1.807, 2.05) is 54.6 Å². The molecule has 178 valence electrons. The van der Waals surface area contributed by atoms with Crippen molar-refractivity contribution < 1.29 is 14.3 Å². The number of carbonyl (C=O) groups excluding carboxylic acids is 1. The van der Waals surface area contributed by atoms with E-state index in [-0.39, 0.29) is 29.3 Å². The van der Waals surface area contributed by atoms with E-state index >= 15 is 0 Å². The second kappa shape index (κ2) is 11.3. The Hall–Kier alpha value is -5.23. The number of rotatable bonds is 8. The number of carbonyl (C=O) groups is 1. The van der Waals surface area contributed by atoms with Gasteiger partial charge in [0.15, 0.2) is 5.82 Å². The molecular weight excluding hydrogens is 456 g/mol. The molecule has 0 saturated carbocycles. The molecule has 0 amide bonds. The highest BCUT2D eigenvalue weighted by Crippen LogP contribution is 2.21. The van der Waals surface area contributed by atoms with Gasteiger partial charge in [0, 0.05) is 5.69 Å². The van der Waals surface area contributed by atoms with Gasteiger partial charge in [-0.1, -0.05) is 42.5 Å². The number of benzene rings is 3. The molecule has 0 aliphatic heterocycles. The first-order chi connectivity index (χ1) is 17.5. The number of nitrogens with two attached hydrogens (primary N) is 1. The molecule has 0 saturated heterocycles. The predicted octanol–water partition coefficient (Wildman–Crippen LogP) is 4.63. The molecular formula is C27H22N6O3. The second-order valence-electron chi connectivity index (χ2n) is 7.55. The number of hydrogen-bond acceptors (Lipinski definition) is 9. The minimum absolute atomic E-state index is 0.00273. The number of nitrogens with one attached hydrogen (secondary N) is 1. The van der Waals surface area contributed by atoms with E-state index in [0.717, 1.165) is 16.8 Å². The largest absolute Gasteiger partial charge is 0.489 e. The first-order valence-electron chi connectivity index (χ1n) is 10.9. The van der Waals surface area contributed by atoms with Gasteiger partial charge in [0.25, 0.3) is 0 Å². The number of nitrogens with zero attached hydrogens (tertiary/aromatic N) is 4. The number of methoxy groups -OCH3 is 1. The van der Waals surface area contributed by atoms with Gasteiger partial charge in [0.2, 0.25) is 11.9 Å². The Morgan fingerprint density at radius 3 is 2.39 bits per heavy atom. The lowest BCUT2D eigenvalue weighted by Crippen LogP contribution is -2.06. The highest BCUT2D eigenvalue weighted by Gasteiger charge is 2.10. The summed E-state index contributed by atoms with van der Waals surface area (Å²) >= 11 is 0. The fourth-order valence-corrected chi connectivity index (χ4v) is 3.21. The predicted molar refractivity (Wildman–Crippen MR) is 136 cm³/mol. The van der Waals surface area contributed by atoms with E-state index in [0.29, 0.717) is 17.9 Å². The van der Waals surface area contributed by atoms with Gasteiger partial charge in [0.1, 0.15) is 18.4 Å². The zero-order valence-corrected chi connectivity index (χ0v) is 19.4. The van der Waals surface area contributed by atoms with Crippen LogP contribution in [0, 0.1) is 11.3 Å². The third kappa shape index (κ3) is 6.21. The van der Waals surface area contributed by atoms with Crippen molar-refractivity contribution in [3.8, 4) is 11.8 Å². The molecule has 0 radical (unpaired) electrons. The highest BCUT2D eigenvalue weighted by atomic mass is 16.5. The van der Waals surface area contributed by atoms with Crippen molar-refractivity contribution in [2.45, 2.75) is 6.61 Å². The zero-order chi connectivity index (χ0) is 25.3. The molecule has 3 aromatic carbocycles. The fourth-order valence-electron chi connectivity index (χ4n) is 3.21. The summed E-state index contributed by atoms with van der Waals surface area (Å²) in [5, 5.41) is 12.8. The minimum atomic E-state index is -0.383. The normalized spacial score (nSPS) is 10.8. The van der Waals surface area contributed by atoms with Gasteiger partial charge >= 0.3 is 5.97 Å². The molecule has 0 bridgehead atoms. The van der Waals surface area contributed by atoms with Gasteiger partial charge in [-0.05, 0) is 53.6 Å². The molecule has 0 unspecified atom stereocenters. The van der Waals surface area contributed by atoms with E-state index < -0.39 is 0 Å². The number of aromatic nitrogens is 3. The number of anilines is 3. The maximum Gasteiger partial charge on any atom is 0.337 e. The summed E-state index contributed by atoms with van der Waals surface area (Å²) < 4.78 is 10.5. The summed E-state index contributed by atoms with van der Waals surface area (Å²) in [7, 11) is 1.35. The Morgan fingerprint density at radius 2 is 1.72 bits per heavy atom. The zero-order valence-electron chi connectivity index (χ0n) is 19.4. The average molecular weight is 479 g/mol. The van der Waals surface area contributed by atoms with Crippen LogP contribution < -0.4 is 15.8 Å². The van der Waals surface area contributed by atoms with Gasteiger partial charge < -0.3 is 20.5 Å². The number of para-hydroxylation sites is 1. The summed E-state index contributed by atoms with van der Waals surface area (Å²) in [6.07, 6.45) is 1.66. The van der Waals surface area contributed by atoms with Crippen LogP contribution in [0.3, 0.4) is 0 Å². The van der Waals surface area contributed by atoms with E-state index in [4.69, 9.17) is 15.2 Å². The van der Waals surface area contributed by atoms with Crippen LogP contribution in [0.1, 0.15) is 27.3 Å². The topological polar surface area (TPSA) is 136 Å². The van der Waals surface area contributed by atoms with Crippen LogP contribution in [-0.4, -0.2) is 28.0 Å². The molecule has 0 aliphatic carbocycles. The summed E-state index contributed by atoms with van der Waals surface area (Å²) in [6, 6.07) is 25.7. The molecule has 9 nitrogen and oxygen atoms in total. The number of esters is 1. The van der Waals surface area contributed by atoms with Crippen LogP contribution in [0.25, 0.3) is 11.6 Å². The van der Waals surface area contributed by atoms with Gasteiger partial charge in [-0.3, -0.25) is 0 Å². The van der Waals surface area contributed by atoms with Crippen LogP contribution in [0.4, 0.5) is 17.6 Å². The van der Waals surface area contributed by atoms with Crippen LogP contribution in [0.5, 0.6) is 5.75 Å². The van der Waals surface area contributed by atoms with E-state index in [1.54, 1.807) is 30.3 Å². The first-order valence-corrected chi connectivity index (χ1v) is 10.9. The van der Waals surface area contributed by atoms with Crippen molar-refractivity contribution >= 4 is 35.2 Å². The van der Waals surface area contributed by atoms with Crippen LogP contribution in [0.15, 0.2) is 78.9 Å². The van der Waals surface area contributed by atoms with Crippen LogP contribution in [-0.2, 0) is 11.3 Å². The van der Waals surface area contributed by atoms with E-state index in [9.17, 15) is 10.1 Å². The van der Waals surface area contributed by atoms with Gasteiger partial charge in [-0.2, -0.15) is 20.2 Å². The van der Waals surface area contributed by atoms with Crippen molar-refractivity contribution in [2.24, 2.45) is 0 Å². The van der Waals surface area contributed by atoms with Crippen molar-refractivity contribution in [2.75, 3.05) is 18.2 Å². The Morgan fingerprint density at radius 1 is 1.00 bits per heavy atom. The number of hydrogen-bond donors (Lipinski definition) is 2. The average Bonchev–Trinajstić information content (AvgIpc) is 2.91. The second-order valence-corrected chi connectivity index (χ2v) is 7.55. The summed E-state index contributed by atoms with van der Waals surface area (Å²) in [6.45, 7) is 0.335. The third-order valence-electron chi connectivity index (χ3n) is 5.02. The lowest BCUT2D eigenvalue weighted by Gasteiger charge is -2.08. The molecule has 0 fully saturated rings. The number of nitriles is 1. The number of ether oxygens (including phenoxy) is 2. The standard InChI is InChI=1S/C27H22N6O3/c1-35-25(34)20-11-7-19(8-12-20)17-36-23-13-9-18(10-14-23)15-21(16-28)24-31-26(29)33-27(32-24)30-22-5-3-2-4-6-22/h2-15H,17H2,1H3,(H3,29,30,31,32,33). The van der Waals surface area contributed by atoms with Gasteiger partial charge in [-0.15, -0.1) is 0 Å². The lowest BCUT2D eigenvalue weighted by atomic mass is 10.1. The lowest BCUT2D eigenvalue weighted by molar-refractivity contribution is 0.0600. The molecule has 36 heavy (non-hydrogen) atoms. The van der Waals surface area contributed by atoms with Crippen molar-refractivity contribution in [1.82, 2.24) is 15.0 Å². The SMILES string of the molecule is COC(=O)c1ccc(COc2ccc(C=C(C#N)c3nc(N)nc(Nc4ccccc4)n3)cc2)cc1. The molecule has 4 aromatic rings. The highest BCUT2D eigenvalue weighted by molar-refractivity contribution is 5.89. The summed E-state index contributed by atoms with van der Waals surface area (Å²) in [5.41, 5.74) is 9.02. The van der Waals surface area contributed by atoms with E-state index in [1.165, 1.54) is 7.11 Å². The molecule has 1 heterocycles. The van der Waals surface area contributed by atoms with Crippen molar-refractivity contribution in [1.29, 1.82) is 5.26 Å². The smallest absolute Gasteiger partial charge is 0.337 e. The molecule has 0 atom stereocenters. The third-order valence-corrected chi connectivity index (χ3v) is 5.02. The summed E-state index contributed by atoms with van der Waals surface area (Å²) in [5.74, 6) is 0.683. The maximum atomic E-state index is 11.5. The van der Waals surface area contributed by atoms with Crippen LogP contribution >= 0.6 is 0 Å². The van der Waals surface area contributed by atoms with Crippen LogP contribution in [0.2, 0.25) is 0 Å². The Bertz CT molecular complexity index is 1410. The fraction of sp³-hybridized carbons (Fsp3) is 0.0741. The Kier molecular flexibility index (Phi) is 7.48. The molecule has 4 rings (SSSR count). The number of allylic oxidation sites excluding steroid dienone is 1. The van der Waals surface area contributed by atoms with Crippen molar-refractivity contribution in [3.63, 3.8) is 0 Å². The molecule has 3 N–H and O–H groups in total. The number of nitrogen functional groups attached to an aromatic ring is 1. The van der Waals surface area contributed by atoms with Gasteiger partial charge in [0.05, 0.1) is 18.2 Å². The minimum Gasteiger partial charge on any atom is -0.489 e. The van der Waals surface area contributed by atoms with Crippen molar-refractivity contribution in [3.05, 3.63) is 101 Å². The first kappa shape index (κ1) is 23.9. The Labute approximate surface area is 207 Å². The molecule has 0 aliphatic rings. The monoisotopic (exact) mass is 478 g/mol. The molecule has 1 aromatic heterocycles. The van der Waals surface area contributed by atoms with E-state index in [2.05, 4.69) is 26.3 Å². The molecule has 9 heteroatoms. The summed E-state index contributed by atoms with van der Waals surface area (Å²) in [4.78, 5) is 24.1. The molecule has 0 spiro atoms. The quantitative estimate of drug-likeness (QED) is 0.274.